The summed E-state index contributed by atoms with van der Waals surface area (Å²) in [6.07, 6.45) is 0. The molecule has 0 spiro atoms. The maximum absolute atomic E-state index is 11.9. The Morgan fingerprint density at radius 1 is 1.06 bits per heavy atom. The minimum atomic E-state index is -0.132. The van der Waals surface area contributed by atoms with E-state index in [9.17, 15) is 4.79 Å². The lowest BCUT2D eigenvalue weighted by Gasteiger charge is -2.06. The van der Waals surface area contributed by atoms with Crippen LogP contribution >= 0.6 is 15.9 Å². The maximum atomic E-state index is 11.9. The fraction of sp³-hybridized carbons (Fsp3) is 0.0714. The van der Waals surface area contributed by atoms with Crippen molar-refractivity contribution in [1.29, 1.82) is 0 Å². The minimum absolute atomic E-state index is 0.132. The molecule has 1 amide bonds. The summed E-state index contributed by atoms with van der Waals surface area (Å²) in [5.74, 6) is 0.629. The van der Waals surface area contributed by atoms with Crippen LogP contribution in [0.5, 0.6) is 5.75 Å². The average Bonchev–Trinajstić information content (AvgIpc) is 2.40. The second-order valence-electron chi connectivity index (χ2n) is 3.69. The van der Waals surface area contributed by atoms with Gasteiger partial charge in [0.05, 0.1) is 7.11 Å². The van der Waals surface area contributed by atoms with Gasteiger partial charge in [-0.15, -0.1) is 0 Å². The molecule has 0 aliphatic rings. The number of nitrogens with one attached hydrogen (secondary N) is 1. The number of halogens is 1. The van der Waals surface area contributed by atoms with Gasteiger partial charge in [0.1, 0.15) is 5.75 Å². The number of anilines is 1. The topological polar surface area (TPSA) is 38.3 Å². The molecule has 92 valence electrons. The first kappa shape index (κ1) is 12.6. The van der Waals surface area contributed by atoms with Crippen molar-refractivity contribution in [1.82, 2.24) is 0 Å². The van der Waals surface area contributed by atoms with E-state index in [0.29, 0.717) is 5.56 Å². The van der Waals surface area contributed by atoms with E-state index in [1.54, 1.807) is 43.5 Å². The van der Waals surface area contributed by atoms with E-state index in [0.717, 1.165) is 15.9 Å². The van der Waals surface area contributed by atoms with E-state index in [-0.39, 0.29) is 5.91 Å². The van der Waals surface area contributed by atoms with Crippen LogP contribution in [0.25, 0.3) is 0 Å². The zero-order valence-electron chi connectivity index (χ0n) is 9.81. The van der Waals surface area contributed by atoms with Gasteiger partial charge in [-0.1, -0.05) is 15.9 Å². The van der Waals surface area contributed by atoms with Crippen LogP contribution in [0.1, 0.15) is 10.4 Å². The summed E-state index contributed by atoms with van der Waals surface area (Å²) >= 11 is 3.33. The van der Waals surface area contributed by atoms with Gasteiger partial charge in [0.15, 0.2) is 0 Å². The molecule has 0 saturated carbocycles. The number of carbonyl (C=O) groups excluding carboxylic acids is 1. The highest BCUT2D eigenvalue weighted by atomic mass is 79.9. The Balaban J connectivity index is 2.08. The molecule has 0 atom stereocenters. The van der Waals surface area contributed by atoms with Crippen molar-refractivity contribution >= 4 is 27.5 Å². The van der Waals surface area contributed by atoms with Crippen LogP contribution < -0.4 is 10.1 Å². The number of methoxy groups -OCH3 is 1. The number of hydrogen-bond donors (Lipinski definition) is 1. The van der Waals surface area contributed by atoms with Gasteiger partial charge in [-0.25, -0.2) is 0 Å². The fourth-order valence-corrected chi connectivity index (χ4v) is 1.74. The quantitative estimate of drug-likeness (QED) is 0.939. The highest BCUT2D eigenvalue weighted by molar-refractivity contribution is 9.10. The lowest BCUT2D eigenvalue weighted by Crippen LogP contribution is -2.11. The molecule has 2 aromatic carbocycles. The maximum Gasteiger partial charge on any atom is 0.255 e. The van der Waals surface area contributed by atoms with Crippen molar-refractivity contribution in [2.75, 3.05) is 12.4 Å². The predicted molar refractivity (Wildman–Crippen MR) is 75.1 cm³/mol. The highest BCUT2D eigenvalue weighted by Crippen LogP contribution is 2.16. The molecule has 4 heteroatoms. The van der Waals surface area contributed by atoms with Gasteiger partial charge in [-0.05, 0) is 48.5 Å². The van der Waals surface area contributed by atoms with Crippen molar-refractivity contribution in [3.63, 3.8) is 0 Å². The second-order valence-corrected chi connectivity index (χ2v) is 4.61. The van der Waals surface area contributed by atoms with E-state index in [1.807, 2.05) is 12.1 Å². The Hall–Kier alpha value is -1.81. The Kier molecular flexibility index (Phi) is 3.99. The number of ether oxygens (including phenoxy) is 1. The van der Waals surface area contributed by atoms with Crippen molar-refractivity contribution < 1.29 is 9.53 Å². The summed E-state index contributed by atoms with van der Waals surface area (Å²) in [6.45, 7) is 0. The number of rotatable bonds is 3. The summed E-state index contributed by atoms with van der Waals surface area (Å²) in [4.78, 5) is 11.9. The molecule has 0 aliphatic heterocycles. The molecular formula is C14H12BrNO2. The first-order chi connectivity index (χ1) is 8.69. The van der Waals surface area contributed by atoms with Gasteiger partial charge in [-0.3, -0.25) is 4.79 Å². The third-order valence-corrected chi connectivity index (χ3v) is 2.98. The molecule has 2 rings (SSSR count). The first-order valence-electron chi connectivity index (χ1n) is 5.40. The first-order valence-corrected chi connectivity index (χ1v) is 6.19. The summed E-state index contributed by atoms with van der Waals surface area (Å²) in [7, 11) is 1.61. The van der Waals surface area contributed by atoms with Crippen molar-refractivity contribution in [3.05, 3.63) is 58.6 Å². The molecule has 0 unspecified atom stereocenters. The van der Waals surface area contributed by atoms with Crippen LogP contribution in [0.3, 0.4) is 0 Å². The van der Waals surface area contributed by atoms with Crippen molar-refractivity contribution in [2.24, 2.45) is 0 Å². The van der Waals surface area contributed by atoms with Gasteiger partial charge in [0.25, 0.3) is 5.91 Å². The largest absolute Gasteiger partial charge is 0.497 e. The number of amides is 1. The lowest BCUT2D eigenvalue weighted by molar-refractivity contribution is 0.102. The molecule has 18 heavy (non-hydrogen) atoms. The summed E-state index contributed by atoms with van der Waals surface area (Å²) < 4.78 is 6.00. The second kappa shape index (κ2) is 5.69. The standard InChI is InChI=1S/C14H12BrNO2/c1-18-13-8-6-12(7-9-13)16-14(17)10-2-4-11(15)5-3-10/h2-9H,1H3,(H,16,17). The van der Waals surface area contributed by atoms with Gasteiger partial charge in [0.2, 0.25) is 0 Å². The number of hydrogen-bond acceptors (Lipinski definition) is 2. The molecule has 0 aromatic heterocycles. The average molecular weight is 306 g/mol. The van der Waals surface area contributed by atoms with E-state index < -0.39 is 0 Å². The SMILES string of the molecule is COc1ccc(NC(=O)c2ccc(Br)cc2)cc1. The monoisotopic (exact) mass is 305 g/mol. The van der Waals surface area contributed by atoms with Crippen LogP contribution in [-0.4, -0.2) is 13.0 Å². The molecule has 2 aromatic rings. The van der Waals surface area contributed by atoms with Crippen LogP contribution in [0.4, 0.5) is 5.69 Å². The number of carbonyl (C=O) groups is 1. The van der Waals surface area contributed by atoms with Crippen LogP contribution in [-0.2, 0) is 0 Å². The van der Waals surface area contributed by atoms with E-state index in [2.05, 4.69) is 21.2 Å². The molecular weight excluding hydrogens is 294 g/mol. The highest BCUT2D eigenvalue weighted by Gasteiger charge is 2.05. The molecule has 0 saturated heterocycles. The smallest absolute Gasteiger partial charge is 0.255 e. The zero-order valence-corrected chi connectivity index (χ0v) is 11.4. The molecule has 0 fully saturated rings. The molecule has 0 aliphatic carbocycles. The van der Waals surface area contributed by atoms with Crippen LogP contribution in [0, 0.1) is 0 Å². The molecule has 3 nitrogen and oxygen atoms in total. The Morgan fingerprint density at radius 2 is 1.67 bits per heavy atom. The fourth-order valence-electron chi connectivity index (χ4n) is 1.48. The molecule has 1 N–H and O–H groups in total. The minimum Gasteiger partial charge on any atom is -0.497 e. The van der Waals surface area contributed by atoms with Gasteiger partial charge in [0, 0.05) is 15.7 Å². The van der Waals surface area contributed by atoms with E-state index >= 15 is 0 Å². The zero-order chi connectivity index (χ0) is 13.0. The normalized spacial score (nSPS) is 9.89. The van der Waals surface area contributed by atoms with Gasteiger partial charge >= 0.3 is 0 Å². The Labute approximate surface area is 114 Å². The third-order valence-electron chi connectivity index (χ3n) is 2.45. The van der Waals surface area contributed by atoms with Crippen LogP contribution in [0.2, 0.25) is 0 Å². The molecule has 0 radical (unpaired) electrons. The Bertz CT molecular complexity index is 535. The van der Waals surface area contributed by atoms with E-state index in [1.165, 1.54) is 0 Å². The summed E-state index contributed by atoms with van der Waals surface area (Å²) in [5.41, 5.74) is 1.36. The van der Waals surface area contributed by atoms with Crippen molar-refractivity contribution in [3.8, 4) is 5.75 Å². The number of benzene rings is 2. The van der Waals surface area contributed by atoms with Crippen LogP contribution in [0.15, 0.2) is 53.0 Å². The Morgan fingerprint density at radius 3 is 2.22 bits per heavy atom. The van der Waals surface area contributed by atoms with Gasteiger partial charge < -0.3 is 10.1 Å². The molecule has 0 bridgehead atoms. The van der Waals surface area contributed by atoms with E-state index in [4.69, 9.17) is 4.74 Å². The predicted octanol–water partition coefficient (Wildman–Crippen LogP) is 3.71. The lowest BCUT2D eigenvalue weighted by atomic mass is 10.2. The molecule has 0 heterocycles. The summed E-state index contributed by atoms with van der Waals surface area (Å²) in [6, 6.07) is 14.4. The third kappa shape index (κ3) is 3.11. The van der Waals surface area contributed by atoms with Crippen molar-refractivity contribution in [2.45, 2.75) is 0 Å². The van der Waals surface area contributed by atoms with Gasteiger partial charge in [-0.2, -0.15) is 0 Å². The summed E-state index contributed by atoms with van der Waals surface area (Å²) in [5, 5.41) is 2.82.